The van der Waals surface area contributed by atoms with Crippen LogP contribution < -0.4 is 0 Å². The summed E-state index contributed by atoms with van der Waals surface area (Å²) in [7, 11) is 2.20. The Kier molecular flexibility index (Phi) is 2.20. The third kappa shape index (κ3) is 1.17. The van der Waals surface area contributed by atoms with Gasteiger partial charge in [-0.2, -0.15) is 0 Å². The second-order valence-corrected chi connectivity index (χ2v) is 3.33. The molecule has 0 aliphatic carbocycles. The Morgan fingerprint density at radius 3 is 2.62 bits per heavy atom. The number of hydrogen-bond acceptors (Lipinski definition) is 2. The largest absolute Gasteiger partial charge is 0.295 e. The van der Waals surface area contributed by atoms with Gasteiger partial charge in [0.25, 0.3) is 0 Å². The highest BCUT2D eigenvalue weighted by Gasteiger charge is 2.18. The molecule has 0 aromatic heterocycles. The molecule has 1 aliphatic heterocycles. The maximum Gasteiger partial charge on any atom is 0.0552 e. The van der Waals surface area contributed by atoms with E-state index in [1.54, 1.807) is 0 Å². The molecule has 1 unspecified atom stereocenters. The zero-order chi connectivity index (χ0) is 5.98. The maximum absolute atomic E-state index is 2.42. The predicted molar refractivity (Wildman–Crippen MR) is 39.2 cm³/mol. The van der Waals surface area contributed by atoms with Gasteiger partial charge in [-0.25, -0.2) is 0 Å². The van der Waals surface area contributed by atoms with E-state index in [9.17, 15) is 0 Å². The third-order valence-corrected chi connectivity index (χ3v) is 2.87. The molecule has 0 aromatic rings. The monoisotopic (exact) mass is 131 g/mol. The molecule has 0 amide bonds. The van der Waals surface area contributed by atoms with Gasteiger partial charge in [-0.1, -0.05) is 0 Å². The molecule has 1 fully saturated rings. The summed E-state index contributed by atoms with van der Waals surface area (Å²) in [6.45, 7) is 1.30. The molecule has 0 bridgehead atoms. The minimum atomic E-state index is 0.815. The fourth-order valence-corrected chi connectivity index (χ4v) is 2.05. The first-order valence-electron chi connectivity index (χ1n) is 3.07. The van der Waals surface area contributed by atoms with Crippen molar-refractivity contribution in [2.75, 3.05) is 19.8 Å². The van der Waals surface area contributed by atoms with Gasteiger partial charge in [0.2, 0.25) is 0 Å². The maximum atomic E-state index is 2.42. The molecule has 0 radical (unpaired) electrons. The molecule has 0 N–H and O–H groups in total. The molecule has 1 rings (SSSR count). The van der Waals surface area contributed by atoms with Gasteiger partial charge in [0.15, 0.2) is 0 Å². The number of nitrogens with zero attached hydrogens (tertiary/aromatic N) is 1. The number of rotatable bonds is 1. The van der Waals surface area contributed by atoms with Crippen LogP contribution in [0.25, 0.3) is 0 Å². The van der Waals surface area contributed by atoms with Crippen LogP contribution in [0.15, 0.2) is 0 Å². The smallest absolute Gasteiger partial charge is 0.0552 e. The Labute approximate surface area is 55.4 Å². The van der Waals surface area contributed by atoms with E-state index in [-0.39, 0.29) is 0 Å². The quantitative estimate of drug-likeness (QED) is 0.529. The standard InChI is InChI=1S/C6H13NS/c1-7-5-3-4-6(7)8-2/h6H,3-5H2,1-2H3. The molecule has 1 saturated heterocycles. The van der Waals surface area contributed by atoms with Gasteiger partial charge in [-0.3, -0.25) is 4.90 Å². The summed E-state index contributed by atoms with van der Waals surface area (Å²) >= 11 is 1.97. The molecule has 8 heavy (non-hydrogen) atoms. The molecule has 0 spiro atoms. The van der Waals surface area contributed by atoms with Crippen molar-refractivity contribution in [1.29, 1.82) is 0 Å². The molecule has 1 nitrogen and oxygen atoms in total. The fraction of sp³-hybridized carbons (Fsp3) is 1.00. The summed E-state index contributed by atoms with van der Waals surface area (Å²) in [5.41, 5.74) is 0. The molecule has 2 heteroatoms. The van der Waals surface area contributed by atoms with E-state index >= 15 is 0 Å². The second kappa shape index (κ2) is 2.74. The first kappa shape index (κ1) is 6.43. The van der Waals surface area contributed by atoms with Crippen LogP contribution >= 0.6 is 11.8 Å². The van der Waals surface area contributed by atoms with Crippen molar-refractivity contribution >= 4 is 11.8 Å². The molecule has 1 aliphatic rings. The van der Waals surface area contributed by atoms with Crippen LogP contribution in [0, 0.1) is 0 Å². The Hall–Kier alpha value is 0.310. The minimum Gasteiger partial charge on any atom is -0.295 e. The predicted octanol–water partition coefficient (Wildman–Crippen LogP) is 1.40. The van der Waals surface area contributed by atoms with Crippen molar-refractivity contribution in [2.24, 2.45) is 0 Å². The summed E-state index contributed by atoms with van der Waals surface area (Å²) in [5, 5.41) is 0.815. The molecule has 0 saturated carbocycles. The molecule has 0 aromatic carbocycles. The van der Waals surface area contributed by atoms with Crippen molar-refractivity contribution in [3.8, 4) is 0 Å². The van der Waals surface area contributed by atoms with Gasteiger partial charge in [-0.05, 0) is 32.7 Å². The van der Waals surface area contributed by atoms with E-state index in [0.717, 1.165) is 5.37 Å². The van der Waals surface area contributed by atoms with Gasteiger partial charge >= 0.3 is 0 Å². The summed E-state index contributed by atoms with van der Waals surface area (Å²) in [6, 6.07) is 0. The van der Waals surface area contributed by atoms with Crippen LogP contribution in [0.4, 0.5) is 0 Å². The van der Waals surface area contributed by atoms with Gasteiger partial charge in [-0.15, -0.1) is 11.8 Å². The highest BCUT2D eigenvalue weighted by molar-refractivity contribution is 7.99. The molecular formula is C6H13NS. The fourth-order valence-electron chi connectivity index (χ4n) is 1.18. The van der Waals surface area contributed by atoms with Crippen molar-refractivity contribution in [1.82, 2.24) is 4.90 Å². The average molecular weight is 131 g/mol. The molecule has 1 heterocycles. The molecule has 1 atom stereocenters. The first-order valence-corrected chi connectivity index (χ1v) is 4.36. The van der Waals surface area contributed by atoms with E-state index in [1.807, 2.05) is 11.8 Å². The van der Waals surface area contributed by atoms with Crippen molar-refractivity contribution < 1.29 is 0 Å². The summed E-state index contributed by atoms with van der Waals surface area (Å²) in [4.78, 5) is 2.42. The van der Waals surface area contributed by atoms with Crippen LogP contribution in [-0.2, 0) is 0 Å². The Morgan fingerprint density at radius 1 is 1.62 bits per heavy atom. The van der Waals surface area contributed by atoms with E-state index in [2.05, 4.69) is 18.2 Å². The SMILES string of the molecule is CSC1CCCN1C. The summed E-state index contributed by atoms with van der Waals surface area (Å²) in [6.07, 6.45) is 4.96. The normalized spacial score (nSPS) is 31.5. The number of thioether (sulfide) groups is 1. The van der Waals surface area contributed by atoms with Crippen molar-refractivity contribution in [2.45, 2.75) is 18.2 Å². The van der Waals surface area contributed by atoms with Crippen LogP contribution in [0.1, 0.15) is 12.8 Å². The summed E-state index contributed by atoms with van der Waals surface area (Å²) in [5.74, 6) is 0. The average Bonchev–Trinajstić information content (AvgIpc) is 2.14. The second-order valence-electron chi connectivity index (χ2n) is 2.31. The molecular weight excluding hydrogens is 118 g/mol. The third-order valence-electron chi connectivity index (χ3n) is 1.73. The Balaban J connectivity index is 2.30. The van der Waals surface area contributed by atoms with Gasteiger partial charge in [0, 0.05) is 0 Å². The Morgan fingerprint density at radius 2 is 2.38 bits per heavy atom. The zero-order valence-electron chi connectivity index (χ0n) is 5.55. The zero-order valence-corrected chi connectivity index (χ0v) is 6.37. The van der Waals surface area contributed by atoms with E-state index in [1.165, 1.54) is 19.4 Å². The minimum absolute atomic E-state index is 0.815. The lowest BCUT2D eigenvalue weighted by Gasteiger charge is -2.15. The molecule has 48 valence electrons. The highest BCUT2D eigenvalue weighted by atomic mass is 32.2. The van der Waals surface area contributed by atoms with E-state index in [0.29, 0.717) is 0 Å². The van der Waals surface area contributed by atoms with Gasteiger partial charge in [0.05, 0.1) is 5.37 Å². The highest BCUT2D eigenvalue weighted by Crippen LogP contribution is 2.22. The van der Waals surface area contributed by atoms with Crippen LogP contribution in [-0.4, -0.2) is 30.1 Å². The lowest BCUT2D eigenvalue weighted by atomic mass is 10.4. The number of hydrogen-bond donors (Lipinski definition) is 0. The van der Waals surface area contributed by atoms with Crippen LogP contribution in [0.3, 0.4) is 0 Å². The lowest BCUT2D eigenvalue weighted by molar-refractivity contribution is 0.391. The lowest BCUT2D eigenvalue weighted by Crippen LogP contribution is -2.20. The van der Waals surface area contributed by atoms with Crippen LogP contribution in [0.2, 0.25) is 0 Å². The summed E-state index contributed by atoms with van der Waals surface area (Å²) < 4.78 is 0. The van der Waals surface area contributed by atoms with Crippen LogP contribution in [0.5, 0.6) is 0 Å². The van der Waals surface area contributed by atoms with Gasteiger partial charge < -0.3 is 0 Å². The van der Waals surface area contributed by atoms with E-state index < -0.39 is 0 Å². The van der Waals surface area contributed by atoms with Crippen molar-refractivity contribution in [3.63, 3.8) is 0 Å². The topological polar surface area (TPSA) is 3.24 Å². The first-order chi connectivity index (χ1) is 3.84. The van der Waals surface area contributed by atoms with Gasteiger partial charge in [0.1, 0.15) is 0 Å². The number of likely N-dealkylation sites (tertiary alicyclic amines) is 1. The van der Waals surface area contributed by atoms with E-state index in [4.69, 9.17) is 0 Å². The Bertz CT molecular complexity index is 74.9. The van der Waals surface area contributed by atoms with Crippen molar-refractivity contribution in [3.05, 3.63) is 0 Å².